The molecule has 0 amide bonds. The van der Waals surface area contributed by atoms with E-state index in [0.29, 0.717) is 34.3 Å². The van der Waals surface area contributed by atoms with E-state index in [1.54, 1.807) is 50.5 Å². The van der Waals surface area contributed by atoms with Crippen molar-refractivity contribution < 1.29 is 9.84 Å². The minimum atomic E-state index is -0.881. The second-order valence-corrected chi connectivity index (χ2v) is 6.20. The molecule has 7 nitrogen and oxygen atoms in total. The van der Waals surface area contributed by atoms with Crippen LogP contribution in [-0.2, 0) is 0 Å². The van der Waals surface area contributed by atoms with Gasteiger partial charge in [-0.1, -0.05) is 0 Å². The van der Waals surface area contributed by atoms with E-state index in [-0.39, 0.29) is 6.54 Å². The lowest BCUT2D eigenvalue weighted by molar-refractivity contribution is 0.0906. The molecule has 0 saturated carbocycles. The zero-order chi connectivity index (χ0) is 18.4. The minimum Gasteiger partial charge on any atom is -0.455 e. The number of hydrogen-bond acceptors (Lipinski definition) is 7. The molecule has 0 spiro atoms. The Morgan fingerprint density at radius 3 is 2.76 bits per heavy atom. The van der Waals surface area contributed by atoms with Gasteiger partial charge < -0.3 is 21.3 Å². The van der Waals surface area contributed by atoms with Crippen LogP contribution in [0.1, 0.15) is 25.2 Å². The molecule has 2 aromatic heterocycles. The molecule has 25 heavy (non-hydrogen) atoms. The molecule has 2 heterocycles. The zero-order valence-electron chi connectivity index (χ0n) is 14.6. The highest BCUT2D eigenvalue weighted by Gasteiger charge is 2.11. The fourth-order valence-electron chi connectivity index (χ4n) is 2.00. The summed E-state index contributed by atoms with van der Waals surface area (Å²) in [4.78, 5) is 12.7. The van der Waals surface area contributed by atoms with Crippen LogP contribution in [0.5, 0.6) is 11.5 Å². The van der Waals surface area contributed by atoms with Crippen molar-refractivity contribution in [1.29, 1.82) is 0 Å². The number of rotatable bonds is 6. The molecule has 2 aromatic rings. The maximum atomic E-state index is 9.71. The summed E-state index contributed by atoms with van der Waals surface area (Å²) in [6.07, 6.45) is 4.62. The molecule has 0 aliphatic heterocycles. The Hall–Kier alpha value is -2.93. The van der Waals surface area contributed by atoms with Crippen molar-refractivity contribution in [2.45, 2.75) is 26.4 Å². The van der Waals surface area contributed by atoms with Crippen LogP contribution in [0.4, 0.5) is 5.82 Å². The van der Waals surface area contributed by atoms with E-state index in [9.17, 15) is 5.11 Å². The van der Waals surface area contributed by atoms with Gasteiger partial charge in [-0.05, 0) is 39.0 Å². The number of nitrogens with zero attached hydrogens (tertiary/aromatic N) is 3. The van der Waals surface area contributed by atoms with Gasteiger partial charge in [0.2, 0.25) is 0 Å². The second-order valence-electron chi connectivity index (χ2n) is 6.20. The number of aryl methyl sites for hydroxylation is 1. The van der Waals surface area contributed by atoms with Crippen LogP contribution in [0, 0.1) is 6.92 Å². The van der Waals surface area contributed by atoms with Gasteiger partial charge >= 0.3 is 0 Å². The van der Waals surface area contributed by atoms with Crippen molar-refractivity contribution in [1.82, 2.24) is 9.97 Å². The van der Waals surface area contributed by atoms with Gasteiger partial charge in [-0.2, -0.15) is 0 Å². The fraction of sp³-hybridized carbons (Fsp3) is 0.278. The van der Waals surface area contributed by atoms with Crippen LogP contribution in [-0.4, -0.2) is 33.4 Å². The van der Waals surface area contributed by atoms with E-state index >= 15 is 0 Å². The Kier molecular flexibility index (Phi) is 5.71. The Labute approximate surface area is 147 Å². The van der Waals surface area contributed by atoms with Crippen molar-refractivity contribution in [3.8, 4) is 11.5 Å². The maximum Gasteiger partial charge on any atom is 0.148 e. The SMILES string of the molecule is Cc1nc(N)ccc1Oc1ccnc(C(C=NCC(C)(C)O)=CN)c1. The average molecular weight is 341 g/mol. The highest BCUT2D eigenvalue weighted by atomic mass is 16.5. The van der Waals surface area contributed by atoms with Gasteiger partial charge in [-0.3, -0.25) is 9.98 Å². The first kappa shape index (κ1) is 18.4. The van der Waals surface area contributed by atoms with Crippen LogP contribution >= 0.6 is 0 Å². The summed E-state index contributed by atoms with van der Waals surface area (Å²) in [5, 5.41) is 9.71. The Bertz CT molecular complexity index is 794. The molecular formula is C18H23N5O2. The van der Waals surface area contributed by atoms with Crippen molar-refractivity contribution in [2.75, 3.05) is 12.3 Å². The molecule has 7 heteroatoms. The normalized spacial score (nSPS) is 12.6. The third kappa shape index (κ3) is 5.58. The monoisotopic (exact) mass is 341 g/mol. The zero-order valence-corrected chi connectivity index (χ0v) is 14.6. The molecule has 0 atom stereocenters. The summed E-state index contributed by atoms with van der Waals surface area (Å²) >= 11 is 0. The number of pyridine rings is 2. The third-order valence-electron chi connectivity index (χ3n) is 3.20. The number of allylic oxidation sites excluding steroid dienone is 1. The van der Waals surface area contributed by atoms with E-state index in [1.165, 1.54) is 6.20 Å². The van der Waals surface area contributed by atoms with Crippen LogP contribution < -0.4 is 16.2 Å². The molecule has 0 bridgehead atoms. The van der Waals surface area contributed by atoms with Crippen LogP contribution in [0.15, 0.2) is 41.7 Å². The predicted octanol–water partition coefficient (Wildman–Crippen LogP) is 2.30. The smallest absolute Gasteiger partial charge is 0.148 e. The number of nitrogens with two attached hydrogens (primary N) is 2. The summed E-state index contributed by atoms with van der Waals surface area (Å²) in [6, 6.07) is 6.94. The highest BCUT2D eigenvalue weighted by Crippen LogP contribution is 2.25. The summed E-state index contributed by atoms with van der Waals surface area (Å²) in [5.41, 5.74) is 12.4. The second kappa shape index (κ2) is 7.76. The van der Waals surface area contributed by atoms with Gasteiger partial charge in [0, 0.05) is 30.3 Å². The van der Waals surface area contributed by atoms with Crippen LogP contribution in [0.3, 0.4) is 0 Å². The highest BCUT2D eigenvalue weighted by molar-refractivity contribution is 6.08. The van der Waals surface area contributed by atoms with E-state index in [0.717, 1.165) is 0 Å². The van der Waals surface area contributed by atoms with Crippen LogP contribution in [0.25, 0.3) is 5.57 Å². The van der Waals surface area contributed by atoms with E-state index in [4.69, 9.17) is 16.2 Å². The first-order valence-corrected chi connectivity index (χ1v) is 7.80. The summed E-state index contributed by atoms with van der Waals surface area (Å²) < 4.78 is 5.85. The lowest BCUT2D eigenvalue weighted by Crippen LogP contribution is -2.22. The fourth-order valence-corrected chi connectivity index (χ4v) is 2.00. The molecule has 5 N–H and O–H groups in total. The standard InChI is InChI=1S/C18H23N5O2/c1-12-16(4-5-17(20)23-12)25-14-6-7-22-15(8-14)13(9-19)10-21-11-18(2,3)24/h4-10,24H,11,19H2,1-3H3,(H2,20,23). The molecule has 0 unspecified atom stereocenters. The molecule has 0 fully saturated rings. The molecule has 0 aromatic carbocycles. The van der Waals surface area contributed by atoms with Crippen molar-refractivity contribution >= 4 is 17.6 Å². The number of hydrogen-bond donors (Lipinski definition) is 3. The predicted molar refractivity (Wildman–Crippen MR) is 99.5 cm³/mol. The number of aliphatic hydroxyl groups is 1. The number of nitrogen functional groups attached to an aromatic ring is 1. The summed E-state index contributed by atoms with van der Waals surface area (Å²) in [7, 11) is 0. The van der Waals surface area contributed by atoms with Crippen molar-refractivity contribution in [3.05, 3.63) is 48.1 Å². The quantitative estimate of drug-likeness (QED) is 0.694. The molecule has 132 valence electrons. The Morgan fingerprint density at radius 1 is 1.36 bits per heavy atom. The van der Waals surface area contributed by atoms with E-state index in [2.05, 4.69) is 15.0 Å². The molecule has 0 saturated heterocycles. The largest absolute Gasteiger partial charge is 0.455 e. The van der Waals surface area contributed by atoms with Gasteiger partial charge in [-0.25, -0.2) is 4.98 Å². The lowest BCUT2D eigenvalue weighted by atomic mass is 10.1. The molecule has 0 aliphatic carbocycles. The van der Waals surface area contributed by atoms with Gasteiger partial charge in [0.25, 0.3) is 0 Å². The molecular weight excluding hydrogens is 318 g/mol. The number of ether oxygens (including phenoxy) is 1. The van der Waals surface area contributed by atoms with Crippen molar-refractivity contribution in [3.63, 3.8) is 0 Å². The minimum absolute atomic E-state index is 0.261. The average Bonchev–Trinajstić information content (AvgIpc) is 2.53. The third-order valence-corrected chi connectivity index (χ3v) is 3.20. The van der Waals surface area contributed by atoms with E-state index in [1.807, 2.05) is 6.92 Å². The Morgan fingerprint density at radius 2 is 2.12 bits per heavy atom. The van der Waals surface area contributed by atoms with Crippen LogP contribution in [0.2, 0.25) is 0 Å². The van der Waals surface area contributed by atoms with Gasteiger partial charge in [0.15, 0.2) is 0 Å². The number of aromatic nitrogens is 2. The maximum absolute atomic E-state index is 9.71. The van der Waals surface area contributed by atoms with Crippen molar-refractivity contribution in [2.24, 2.45) is 10.7 Å². The Balaban J connectivity index is 2.19. The van der Waals surface area contributed by atoms with Gasteiger partial charge in [0.1, 0.15) is 17.3 Å². The summed E-state index contributed by atoms with van der Waals surface area (Å²) in [6.45, 7) is 5.46. The topological polar surface area (TPSA) is 120 Å². The lowest BCUT2D eigenvalue weighted by Gasteiger charge is -2.13. The molecule has 0 aliphatic rings. The van der Waals surface area contributed by atoms with E-state index < -0.39 is 5.60 Å². The molecule has 0 radical (unpaired) electrons. The first-order valence-electron chi connectivity index (χ1n) is 7.80. The molecule has 2 rings (SSSR count). The first-order chi connectivity index (χ1) is 11.8. The van der Waals surface area contributed by atoms with Gasteiger partial charge in [0.05, 0.1) is 23.5 Å². The van der Waals surface area contributed by atoms with Gasteiger partial charge in [-0.15, -0.1) is 0 Å². The number of anilines is 1. The summed E-state index contributed by atoms with van der Waals surface area (Å²) in [5.74, 6) is 1.65. The number of aliphatic imine (C=N–C) groups is 1.